The van der Waals surface area contributed by atoms with Crippen LogP contribution in [0.15, 0.2) is 30.3 Å². The van der Waals surface area contributed by atoms with Crippen LogP contribution in [-0.4, -0.2) is 18.6 Å². The number of benzene rings is 1. The van der Waals surface area contributed by atoms with Gasteiger partial charge in [-0.3, -0.25) is 0 Å². The second-order valence-corrected chi connectivity index (χ2v) is 5.18. The molecule has 0 aromatic heterocycles. The molecule has 1 nitrogen and oxygen atoms in total. The zero-order valence-electron chi connectivity index (χ0n) is 10.3. The summed E-state index contributed by atoms with van der Waals surface area (Å²) in [6.45, 7) is 0.824. The molecule has 1 aliphatic rings. The van der Waals surface area contributed by atoms with Crippen molar-refractivity contribution >= 4 is 11.6 Å². The quantitative estimate of drug-likeness (QED) is 0.559. The molecular weight excluding hydrogens is 232 g/mol. The molecule has 1 aromatic carbocycles. The first-order valence-electron chi connectivity index (χ1n) is 6.62. The van der Waals surface area contributed by atoms with Gasteiger partial charge in [-0.15, -0.1) is 11.6 Å². The van der Waals surface area contributed by atoms with Crippen molar-refractivity contribution in [1.29, 1.82) is 0 Å². The normalized spacial score (nSPS) is 24.8. The van der Waals surface area contributed by atoms with Gasteiger partial charge in [0.1, 0.15) is 0 Å². The van der Waals surface area contributed by atoms with Crippen LogP contribution in [0.4, 0.5) is 0 Å². The van der Waals surface area contributed by atoms with E-state index >= 15 is 0 Å². The van der Waals surface area contributed by atoms with Gasteiger partial charge >= 0.3 is 0 Å². The number of halogens is 1. The van der Waals surface area contributed by atoms with Crippen LogP contribution in [0.5, 0.6) is 0 Å². The second kappa shape index (κ2) is 7.03. The molecule has 0 saturated heterocycles. The van der Waals surface area contributed by atoms with Crippen molar-refractivity contribution in [2.24, 2.45) is 0 Å². The summed E-state index contributed by atoms with van der Waals surface area (Å²) in [6, 6.07) is 10.9. The van der Waals surface area contributed by atoms with Gasteiger partial charge in [0.2, 0.25) is 0 Å². The molecule has 0 radical (unpaired) electrons. The summed E-state index contributed by atoms with van der Waals surface area (Å²) in [4.78, 5) is 0. The average Bonchev–Trinajstić information content (AvgIpc) is 2.41. The fourth-order valence-electron chi connectivity index (χ4n) is 2.59. The number of hydrogen-bond acceptors (Lipinski definition) is 1. The van der Waals surface area contributed by atoms with E-state index in [9.17, 15) is 0 Å². The highest BCUT2D eigenvalue weighted by Gasteiger charge is 2.22. The van der Waals surface area contributed by atoms with Crippen LogP contribution in [-0.2, 0) is 4.74 Å². The molecule has 0 N–H and O–H groups in total. The molecule has 0 bridgehead atoms. The standard InChI is InChI=1S/C15H21ClO/c16-11-4-12-17-15-9-7-14(8-10-15)13-5-2-1-3-6-13/h1-3,5-6,14-15H,4,7-12H2. The van der Waals surface area contributed by atoms with E-state index in [2.05, 4.69) is 30.3 Å². The lowest BCUT2D eigenvalue weighted by Gasteiger charge is -2.28. The minimum absolute atomic E-state index is 0.471. The summed E-state index contributed by atoms with van der Waals surface area (Å²) in [6.07, 6.45) is 6.35. The number of ether oxygens (including phenoxy) is 1. The molecule has 94 valence electrons. The average molecular weight is 253 g/mol. The molecular formula is C15H21ClO. The van der Waals surface area contributed by atoms with Crippen molar-refractivity contribution < 1.29 is 4.74 Å². The Balaban J connectivity index is 1.74. The van der Waals surface area contributed by atoms with E-state index in [1.807, 2.05) is 0 Å². The third-order valence-corrected chi connectivity index (χ3v) is 3.84. The second-order valence-electron chi connectivity index (χ2n) is 4.80. The molecule has 1 saturated carbocycles. The van der Waals surface area contributed by atoms with Crippen molar-refractivity contribution in [3.63, 3.8) is 0 Å². The Hall–Kier alpha value is -0.530. The van der Waals surface area contributed by atoms with Gasteiger partial charge < -0.3 is 4.74 Å². The Morgan fingerprint density at radius 3 is 2.41 bits per heavy atom. The molecule has 0 amide bonds. The Kier molecular flexibility index (Phi) is 5.34. The van der Waals surface area contributed by atoms with Gasteiger partial charge in [-0.05, 0) is 43.6 Å². The fourth-order valence-corrected chi connectivity index (χ4v) is 2.70. The van der Waals surface area contributed by atoms with Crippen LogP contribution in [0, 0.1) is 0 Å². The first-order chi connectivity index (χ1) is 8.40. The van der Waals surface area contributed by atoms with E-state index in [-0.39, 0.29) is 0 Å². The van der Waals surface area contributed by atoms with Crippen molar-refractivity contribution in [2.45, 2.75) is 44.1 Å². The molecule has 0 atom stereocenters. The zero-order valence-corrected chi connectivity index (χ0v) is 11.0. The predicted molar refractivity (Wildman–Crippen MR) is 72.7 cm³/mol. The van der Waals surface area contributed by atoms with E-state index in [1.54, 1.807) is 0 Å². The maximum Gasteiger partial charge on any atom is 0.0575 e. The highest BCUT2D eigenvalue weighted by molar-refractivity contribution is 6.17. The lowest BCUT2D eigenvalue weighted by molar-refractivity contribution is 0.0254. The molecule has 1 aliphatic carbocycles. The van der Waals surface area contributed by atoms with Gasteiger partial charge in [0.05, 0.1) is 6.10 Å². The van der Waals surface area contributed by atoms with Crippen molar-refractivity contribution in [3.8, 4) is 0 Å². The minimum Gasteiger partial charge on any atom is -0.378 e. The van der Waals surface area contributed by atoms with Crippen LogP contribution in [0.2, 0.25) is 0 Å². The molecule has 2 rings (SSSR count). The predicted octanol–water partition coefficient (Wildman–Crippen LogP) is 4.36. The van der Waals surface area contributed by atoms with Gasteiger partial charge in [0, 0.05) is 12.5 Å². The monoisotopic (exact) mass is 252 g/mol. The van der Waals surface area contributed by atoms with Crippen LogP contribution >= 0.6 is 11.6 Å². The third kappa shape index (κ3) is 4.01. The number of alkyl halides is 1. The third-order valence-electron chi connectivity index (χ3n) is 3.58. The van der Waals surface area contributed by atoms with Crippen LogP contribution in [0.25, 0.3) is 0 Å². The maximum absolute atomic E-state index is 5.82. The molecule has 0 spiro atoms. The van der Waals surface area contributed by atoms with E-state index in [0.29, 0.717) is 12.0 Å². The Bertz CT molecular complexity index is 304. The smallest absolute Gasteiger partial charge is 0.0575 e. The van der Waals surface area contributed by atoms with Gasteiger partial charge in [0.25, 0.3) is 0 Å². The van der Waals surface area contributed by atoms with Crippen LogP contribution in [0.3, 0.4) is 0 Å². The van der Waals surface area contributed by atoms with Gasteiger partial charge in [-0.25, -0.2) is 0 Å². The first kappa shape index (κ1) is 12.9. The van der Waals surface area contributed by atoms with Gasteiger partial charge in [-0.1, -0.05) is 30.3 Å². The lowest BCUT2D eigenvalue weighted by atomic mass is 9.83. The Labute approximate surface area is 109 Å². The molecule has 0 aliphatic heterocycles. The van der Waals surface area contributed by atoms with E-state index in [1.165, 1.54) is 31.2 Å². The Morgan fingerprint density at radius 1 is 1.06 bits per heavy atom. The van der Waals surface area contributed by atoms with Gasteiger partial charge in [0.15, 0.2) is 0 Å². The highest BCUT2D eigenvalue weighted by atomic mass is 35.5. The first-order valence-corrected chi connectivity index (χ1v) is 7.16. The maximum atomic E-state index is 5.82. The fraction of sp³-hybridized carbons (Fsp3) is 0.600. The summed E-state index contributed by atoms with van der Waals surface area (Å²) in [5, 5.41) is 0. The minimum atomic E-state index is 0.471. The lowest BCUT2D eigenvalue weighted by Crippen LogP contribution is -2.21. The van der Waals surface area contributed by atoms with E-state index in [4.69, 9.17) is 16.3 Å². The summed E-state index contributed by atoms with van der Waals surface area (Å²) >= 11 is 5.64. The molecule has 17 heavy (non-hydrogen) atoms. The Morgan fingerprint density at radius 2 is 1.76 bits per heavy atom. The summed E-state index contributed by atoms with van der Waals surface area (Å²) in [5.74, 6) is 1.45. The van der Waals surface area contributed by atoms with Crippen molar-refractivity contribution in [1.82, 2.24) is 0 Å². The van der Waals surface area contributed by atoms with Crippen LogP contribution < -0.4 is 0 Å². The molecule has 1 fully saturated rings. The molecule has 0 unspecified atom stereocenters. The van der Waals surface area contributed by atoms with Crippen molar-refractivity contribution in [3.05, 3.63) is 35.9 Å². The summed E-state index contributed by atoms with van der Waals surface area (Å²) in [7, 11) is 0. The topological polar surface area (TPSA) is 9.23 Å². The largest absolute Gasteiger partial charge is 0.378 e. The van der Waals surface area contributed by atoms with Crippen molar-refractivity contribution in [2.75, 3.05) is 12.5 Å². The summed E-state index contributed by atoms with van der Waals surface area (Å²) in [5.41, 5.74) is 1.49. The van der Waals surface area contributed by atoms with Crippen LogP contribution in [0.1, 0.15) is 43.6 Å². The summed E-state index contributed by atoms with van der Waals surface area (Å²) < 4.78 is 5.82. The SMILES string of the molecule is ClCCCOC1CCC(c2ccccc2)CC1. The number of hydrogen-bond donors (Lipinski definition) is 0. The van der Waals surface area contributed by atoms with E-state index in [0.717, 1.165) is 18.9 Å². The van der Waals surface area contributed by atoms with E-state index < -0.39 is 0 Å². The highest BCUT2D eigenvalue weighted by Crippen LogP contribution is 2.33. The van der Waals surface area contributed by atoms with Gasteiger partial charge in [-0.2, -0.15) is 0 Å². The molecule has 1 aromatic rings. The number of rotatable bonds is 5. The molecule has 0 heterocycles. The zero-order chi connectivity index (χ0) is 11.9. The molecule has 2 heteroatoms.